The van der Waals surface area contributed by atoms with Crippen molar-refractivity contribution in [1.82, 2.24) is 0 Å². The van der Waals surface area contributed by atoms with E-state index in [0.29, 0.717) is 18.8 Å². The normalized spacial score (nSPS) is 34.9. The molecule has 0 saturated heterocycles. The zero-order chi connectivity index (χ0) is 10.3. The second kappa shape index (κ2) is 2.98. The number of carboxylic acid groups (broad SMARTS) is 1. The highest BCUT2D eigenvalue weighted by Gasteiger charge is 2.51. The van der Waals surface area contributed by atoms with E-state index >= 15 is 0 Å². The summed E-state index contributed by atoms with van der Waals surface area (Å²) >= 11 is 0. The standard InChI is InChI=1S/C10H18O3/c1-7-4-5-10(13,6-7)9(2,3)8(11)12/h7,13H,4-6H2,1-3H3,(H,11,12). The van der Waals surface area contributed by atoms with Gasteiger partial charge in [0.2, 0.25) is 0 Å². The van der Waals surface area contributed by atoms with Crippen LogP contribution < -0.4 is 0 Å². The lowest BCUT2D eigenvalue weighted by Gasteiger charge is -2.36. The van der Waals surface area contributed by atoms with E-state index in [0.717, 1.165) is 6.42 Å². The highest BCUT2D eigenvalue weighted by molar-refractivity contribution is 5.75. The molecule has 2 atom stereocenters. The Morgan fingerprint density at radius 1 is 1.54 bits per heavy atom. The minimum absolute atomic E-state index is 0.434. The minimum Gasteiger partial charge on any atom is -0.481 e. The summed E-state index contributed by atoms with van der Waals surface area (Å²) in [7, 11) is 0. The third-order valence-electron chi connectivity index (χ3n) is 3.43. The van der Waals surface area contributed by atoms with Crippen LogP contribution >= 0.6 is 0 Å². The molecule has 1 aliphatic rings. The maximum Gasteiger partial charge on any atom is 0.312 e. The van der Waals surface area contributed by atoms with Crippen LogP contribution in [-0.4, -0.2) is 21.8 Å². The lowest BCUT2D eigenvalue weighted by atomic mass is 9.73. The summed E-state index contributed by atoms with van der Waals surface area (Å²) in [4.78, 5) is 11.0. The van der Waals surface area contributed by atoms with Crippen LogP contribution in [-0.2, 0) is 4.79 Å². The lowest BCUT2D eigenvalue weighted by molar-refractivity contribution is -0.164. The Morgan fingerprint density at radius 2 is 2.08 bits per heavy atom. The van der Waals surface area contributed by atoms with E-state index in [1.165, 1.54) is 0 Å². The van der Waals surface area contributed by atoms with Crippen LogP contribution in [0.4, 0.5) is 0 Å². The largest absolute Gasteiger partial charge is 0.481 e. The molecule has 76 valence electrons. The van der Waals surface area contributed by atoms with E-state index in [1.807, 2.05) is 0 Å². The first-order valence-electron chi connectivity index (χ1n) is 4.75. The van der Waals surface area contributed by atoms with Gasteiger partial charge in [0.05, 0.1) is 11.0 Å². The van der Waals surface area contributed by atoms with E-state index < -0.39 is 17.0 Å². The molecule has 0 heterocycles. The molecule has 0 bridgehead atoms. The number of hydrogen-bond acceptors (Lipinski definition) is 2. The Morgan fingerprint density at radius 3 is 2.38 bits per heavy atom. The molecule has 0 amide bonds. The van der Waals surface area contributed by atoms with E-state index in [9.17, 15) is 9.90 Å². The fourth-order valence-electron chi connectivity index (χ4n) is 2.03. The third kappa shape index (κ3) is 1.57. The smallest absolute Gasteiger partial charge is 0.312 e. The Hall–Kier alpha value is -0.570. The number of aliphatic carboxylic acids is 1. The Balaban J connectivity index is 2.86. The first-order valence-corrected chi connectivity index (χ1v) is 4.75. The van der Waals surface area contributed by atoms with Gasteiger partial charge >= 0.3 is 5.97 Å². The first kappa shape index (κ1) is 10.5. The van der Waals surface area contributed by atoms with Crippen molar-refractivity contribution in [2.24, 2.45) is 11.3 Å². The molecule has 1 saturated carbocycles. The van der Waals surface area contributed by atoms with Gasteiger partial charge in [-0.3, -0.25) is 4.79 Å². The predicted molar refractivity (Wildman–Crippen MR) is 49.4 cm³/mol. The van der Waals surface area contributed by atoms with Crippen LogP contribution in [0.25, 0.3) is 0 Å². The van der Waals surface area contributed by atoms with Gasteiger partial charge in [0, 0.05) is 0 Å². The van der Waals surface area contributed by atoms with E-state index in [2.05, 4.69) is 6.92 Å². The van der Waals surface area contributed by atoms with E-state index in [4.69, 9.17) is 5.11 Å². The molecule has 1 rings (SSSR count). The summed E-state index contributed by atoms with van der Waals surface area (Å²) in [6, 6.07) is 0. The Labute approximate surface area is 78.8 Å². The van der Waals surface area contributed by atoms with Gasteiger partial charge in [0.1, 0.15) is 0 Å². The fourth-order valence-corrected chi connectivity index (χ4v) is 2.03. The van der Waals surface area contributed by atoms with Crippen molar-refractivity contribution >= 4 is 5.97 Å². The zero-order valence-electron chi connectivity index (χ0n) is 8.50. The van der Waals surface area contributed by atoms with Crippen molar-refractivity contribution in [3.63, 3.8) is 0 Å². The quantitative estimate of drug-likeness (QED) is 0.689. The molecule has 1 aliphatic carbocycles. The Bertz CT molecular complexity index is 222. The molecule has 13 heavy (non-hydrogen) atoms. The summed E-state index contributed by atoms with van der Waals surface area (Å²) in [6.07, 6.45) is 2.13. The van der Waals surface area contributed by atoms with Gasteiger partial charge in [-0.15, -0.1) is 0 Å². The van der Waals surface area contributed by atoms with E-state index in [1.54, 1.807) is 13.8 Å². The van der Waals surface area contributed by atoms with Crippen molar-refractivity contribution in [1.29, 1.82) is 0 Å². The maximum absolute atomic E-state index is 11.0. The van der Waals surface area contributed by atoms with Gasteiger partial charge in [0.15, 0.2) is 0 Å². The molecule has 2 unspecified atom stereocenters. The molecule has 0 aromatic heterocycles. The van der Waals surface area contributed by atoms with Crippen molar-refractivity contribution in [3.05, 3.63) is 0 Å². The predicted octanol–water partition coefficient (Wildman–Crippen LogP) is 1.65. The van der Waals surface area contributed by atoms with Crippen LogP contribution in [0, 0.1) is 11.3 Å². The van der Waals surface area contributed by atoms with Gasteiger partial charge in [0.25, 0.3) is 0 Å². The minimum atomic E-state index is -1.03. The Kier molecular flexibility index (Phi) is 2.41. The molecule has 2 N–H and O–H groups in total. The molecule has 0 aromatic carbocycles. The molecular formula is C10H18O3. The number of carboxylic acids is 1. The molecule has 0 aliphatic heterocycles. The van der Waals surface area contributed by atoms with Gasteiger partial charge < -0.3 is 10.2 Å². The molecule has 0 aromatic rings. The van der Waals surface area contributed by atoms with Crippen molar-refractivity contribution in [2.45, 2.75) is 45.6 Å². The summed E-state index contributed by atoms with van der Waals surface area (Å²) in [6.45, 7) is 5.26. The zero-order valence-corrected chi connectivity index (χ0v) is 8.50. The van der Waals surface area contributed by atoms with Crippen LogP contribution in [0.15, 0.2) is 0 Å². The summed E-state index contributed by atoms with van der Waals surface area (Å²) in [5.74, 6) is -0.479. The van der Waals surface area contributed by atoms with Crippen LogP contribution in [0.3, 0.4) is 0 Å². The number of aliphatic hydroxyl groups is 1. The second-order valence-corrected chi connectivity index (χ2v) is 4.81. The summed E-state index contributed by atoms with van der Waals surface area (Å²) in [5, 5.41) is 19.2. The SMILES string of the molecule is CC1CCC(O)(C(C)(C)C(=O)O)C1. The third-order valence-corrected chi connectivity index (χ3v) is 3.43. The topological polar surface area (TPSA) is 57.5 Å². The molecule has 3 nitrogen and oxygen atoms in total. The molecule has 0 radical (unpaired) electrons. The molecular weight excluding hydrogens is 168 g/mol. The van der Waals surface area contributed by atoms with Gasteiger partial charge in [-0.2, -0.15) is 0 Å². The van der Waals surface area contributed by atoms with Crippen LogP contribution in [0.5, 0.6) is 0 Å². The van der Waals surface area contributed by atoms with Crippen molar-refractivity contribution < 1.29 is 15.0 Å². The van der Waals surface area contributed by atoms with Gasteiger partial charge in [-0.05, 0) is 39.0 Å². The van der Waals surface area contributed by atoms with Crippen LogP contribution in [0.2, 0.25) is 0 Å². The maximum atomic E-state index is 11.0. The first-order chi connectivity index (χ1) is 5.79. The highest BCUT2D eigenvalue weighted by Crippen LogP contribution is 2.45. The number of hydrogen-bond donors (Lipinski definition) is 2. The second-order valence-electron chi connectivity index (χ2n) is 4.81. The monoisotopic (exact) mass is 186 g/mol. The van der Waals surface area contributed by atoms with Gasteiger partial charge in [-0.1, -0.05) is 6.92 Å². The van der Waals surface area contributed by atoms with Gasteiger partial charge in [-0.25, -0.2) is 0 Å². The number of rotatable bonds is 2. The van der Waals surface area contributed by atoms with Crippen LogP contribution in [0.1, 0.15) is 40.0 Å². The van der Waals surface area contributed by atoms with Crippen molar-refractivity contribution in [3.8, 4) is 0 Å². The molecule has 1 fully saturated rings. The number of carbonyl (C=O) groups is 1. The van der Waals surface area contributed by atoms with Crippen molar-refractivity contribution in [2.75, 3.05) is 0 Å². The molecule has 3 heteroatoms. The van der Waals surface area contributed by atoms with E-state index in [-0.39, 0.29) is 0 Å². The summed E-state index contributed by atoms with van der Waals surface area (Å²) < 4.78 is 0. The average Bonchev–Trinajstić information content (AvgIpc) is 2.32. The highest BCUT2D eigenvalue weighted by atomic mass is 16.4. The summed E-state index contributed by atoms with van der Waals surface area (Å²) in [5.41, 5.74) is -2.05. The molecule has 0 spiro atoms. The average molecular weight is 186 g/mol. The fraction of sp³-hybridized carbons (Fsp3) is 0.900. The lowest BCUT2D eigenvalue weighted by Crippen LogP contribution is -2.47.